The highest BCUT2D eigenvalue weighted by Crippen LogP contribution is 2.29. The maximum absolute atomic E-state index is 13.2. The third kappa shape index (κ3) is 5.65. The molecule has 172 valence electrons. The van der Waals surface area contributed by atoms with E-state index in [1.165, 1.54) is 5.56 Å². The first kappa shape index (κ1) is 24.2. The summed E-state index contributed by atoms with van der Waals surface area (Å²) in [7, 11) is 0.485. The van der Waals surface area contributed by atoms with Crippen molar-refractivity contribution in [3.05, 3.63) is 65.5 Å². The van der Waals surface area contributed by atoms with Crippen LogP contribution in [0.2, 0.25) is 0 Å². The molecule has 0 aliphatic heterocycles. The van der Waals surface area contributed by atoms with E-state index in [-0.39, 0.29) is 0 Å². The molecule has 0 aliphatic rings. The van der Waals surface area contributed by atoms with E-state index >= 15 is 0 Å². The summed E-state index contributed by atoms with van der Waals surface area (Å²) in [5.41, 5.74) is 5.65. The zero-order valence-corrected chi connectivity index (χ0v) is 20.7. The first-order valence-corrected chi connectivity index (χ1v) is 12.6. The molecule has 2 aromatic carbocycles. The first-order chi connectivity index (χ1) is 15.1. The number of hydrogen-bond acceptors (Lipinski definition) is 3. The molecule has 2 N–H and O–H groups in total. The molecule has 0 fully saturated rings. The lowest BCUT2D eigenvalue weighted by molar-refractivity contribution is 0.346. The second-order valence-corrected chi connectivity index (χ2v) is 10.5. The summed E-state index contributed by atoms with van der Waals surface area (Å²) in [5, 5.41) is 4.53. The molecular formula is C25H35N4O2S+. The number of nitrogens with one attached hydrogen (secondary N) is 1. The highest BCUT2D eigenvalue weighted by Gasteiger charge is 2.32. The van der Waals surface area contributed by atoms with Crippen LogP contribution in [0.25, 0.3) is 11.1 Å². The fourth-order valence-corrected chi connectivity index (χ4v) is 4.81. The van der Waals surface area contributed by atoms with Crippen LogP contribution in [0, 0.1) is 12.8 Å². The summed E-state index contributed by atoms with van der Waals surface area (Å²) < 4.78 is 28.7. The van der Waals surface area contributed by atoms with Crippen molar-refractivity contribution in [3.63, 3.8) is 0 Å². The van der Waals surface area contributed by atoms with E-state index in [0.29, 0.717) is 16.5 Å². The van der Waals surface area contributed by atoms with Crippen LogP contribution in [0.15, 0.2) is 53.4 Å². The molecule has 0 spiro atoms. The Morgan fingerprint density at radius 3 is 2.47 bits per heavy atom. The van der Waals surface area contributed by atoms with Gasteiger partial charge in [-0.05, 0) is 84.1 Å². The highest BCUT2D eigenvalue weighted by molar-refractivity contribution is 7.99. The number of nitrogens with zero attached hydrogens (tertiary/aromatic N) is 3. The largest absolute Gasteiger partial charge is 0.346 e. The molecule has 0 saturated heterocycles. The number of aromatic nitrogens is 2. The number of rotatable bonds is 9. The smallest absolute Gasteiger partial charge is 0.302 e. The summed E-state index contributed by atoms with van der Waals surface area (Å²) in [5.74, 6) is 0.395. The Kier molecular flexibility index (Phi) is 7.54. The summed E-state index contributed by atoms with van der Waals surface area (Å²) in [4.78, 5) is 2.60. The Labute approximate surface area is 193 Å². The molecule has 6 nitrogen and oxygen atoms in total. The van der Waals surface area contributed by atoms with Gasteiger partial charge in [0.1, 0.15) is 5.69 Å². The van der Waals surface area contributed by atoms with E-state index in [4.69, 9.17) is 0 Å². The van der Waals surface area contributed by atoms with Crippen molar-refractivity contribution < 1.29 is 8.76 Å². The van der Waals surface area contributed by atoms with Crippen LogP contribution in [0.4, 0.5) is 5.69 Å². The second kappa shape index (κ2) is 9.98. The van der Waals surface area contributed by atoms with Crippen LogP contribution in [-0.2, 0) is 34.6 Å². The van der Waals surface area contributed by atoms with Gasteiger partial charge in [0.05, 0.1) is 11.4 Å². The minimum atomic E-state index is -3.47. The van der Waals surface area contributed by atoms with Crippen LogP contribution in [0.3, 0.4) is 0 Å². The van der Waals surface area contributed by atoms with Crippen molar-refractivity contribution in [2.75, 3.05) is 18.3 Å². The molecule has 1 unspecified atom stereocenters. The molecule has 0 aliphatic carbocycles. The molecule has 3 aromatic rings. The Morgan fingerprint density at radius 1 is 1.16 bits per heavy atom. The quantitative estimate of drug-likeness (QED) is 0.424. The third-order valence-corrected chi connectivity index (χ3v) is 7.07. The van der Waals surface area contributed by atoms with E-state index in [2.05, 4.69) is 66.8 Å². The van der Waals surface area contributed by atoms with Crippen molar-refractivity contribution >= 4 is 16.1 Å². The van der Waals surface area contributed by atoms with E-state index in [1.54, 1.807) is 16.8 Å². The van der Waals surface area contributed by atoms with Gasteiger partial charge in [0.2, 0.25) is 4.90 Å². The second-order valence-electron chi connectivity index (χ2n) is 8.81. The van der Waals surface area contributed by atoms with Gasteiger partial charge in [0.25, 0.3) is 0 Å². The molecule has 0 saturated carbocycles. The molecule has 0 amide bonds. The predicted octanol–water partition coefficient (Wildman–Crippen LogP) is 5.40. The van der Waals surface area contributed by atoms with Gasteiger partial charge >= 0.3 is 10.4 Å². The molecule has 1 atom stereocenters. The molecule has 32 heavy (non-hydrogen) atoms. The summed E-state index contributed by atoms with van der Waals surface area (Å²) in [6, 6.07) is 15.7. The van der Waals surface area contributed by atoms with Crippen molar-refractivity contribution in [2.24, 2.45) is 13.0 Å². The highest BCUT2D eigenvalue weighted by atomic mass is 32.3. The zero-order chi connectivity index (χ0) is 23.5. The minimum absolute atomic E-state index is 0.349. The Balaban J connectivity index is 1.83. The van der Waals surface area contributed by atoms with E-state index in [1.807, 2.05) is 26.1 Å². The third-order valence-electron chi connectivity index (χ3n) is 5.67. The van der Waals surface area contributed by atoms with Gasteiger partial charge in [-0.1, -0.05) is 39.0 Å². The van der Waals surface area contributed by atoms with Crippen LogP contribution in [0.5, 0.6) is 0 Å². The number of hydrogen-bond donors (Lipinski definition) is 2. The van der Waals surface area contributed by atoms with Gasteiger partial charge in [-0.25, -0.2) is 0 Å². The van der Waals surface area contributed by atoms with Crippen molar-refractivity contribution in [2.45, 2.75) is 45.6 Å². The first-order valence-electron chi connectivity index (χ1n) is 11.1. The van der Waals surface area contributed by atoms with Crippen LogP contribution >= 0.6 is 0 Å². The number of benzene rings is 2. The minimum Gasteiger partial charge on any atom is -0.302 e. The molecule has 0 bridgehead atoms. The molecule has 7 heteroatoms. The van der Waals surface area contributed by atoms with Crippen molar-refractivity contribution in [3.8, 4) is 11.1 Å². The topological polar surface area (TPSA) is 70.4 Å². The molecule has 1 aromatic heterocycles. The van der Waals surface area contributed by atoms with Gasteiger partial charge in [0.15, 0.2) is 0 Å². The fourth-order valence-electron chi connectivity index (χ4n) is 3.64. The number of anilines is 1. The number of aryl methyl sites for hydroxylation is 1. The Hall–Kier alpha value is -2.48. The van der Waals surface area contributed by atoms with Gasteiger partial charge < -0.3 is 4.90 Å². The molecule has 1 heterocycles. The maximum Gasteiger partial charge on any atom is 0.346 e. The standard InChI is InChI=1S/C25H34N4O2S/c1-7-28(5)17-20-9-8-10-22(16-20)21-11-13-23(14-12-21)32(30,31)27-25-19(4)29(6)26-24(25)15-18(2)3/h8-14,16,18H,7,15,17H2,1-6H3,(H-,27,30,31)/p+1. The summed E-state index contributed by atoms with van der Waals surface area (Å²) in [6.45, 7) is 10.1. The lowest BCUT2D eigenvalue weighted by atomic mass is 10.0. The summed E-state index contributed by atoms with van der Waals surface area (Å²) >= 11 is 0. The van der Waals surface area contributed by atoms with E-state index < -0.39 is 10.4 Å². The van der Waals surface area contributed by atoms with Crippen LogP contribution in [0.1, 0.15) is 37.7 Å². The van der Waals surface area contributed by atoms with Gasteiger partial charge in [-0.2, -0.15) is 14.4 Å². The van der Waals surface area contributed by atoms with Crippen LogP contribution < -0.4 is 4.72 Å². The normalized spacial score (nSPS) is 13.5. The SMILES string of the molecule is CCN(C)Cc1cccc(-c2ccc([S+](=O)(O)Nc3c(CC(C)C)nn(C)c3C)cc2)c1. The average molecular weight is 456 g/mol. The van der Waals surface area contributed by atoms with Gasteiger partial charge in [-0.3, -0.25) is 4.68 Å². The monoisotopic (exact) mass is 455 g/mol. The lowest BCUT2D eigenvalue weighted by Crippen LogP contribution is -2.21. The Morgan fingerprint density at radius 2 is 1.84 bits per heavy atom. The molecule has 0 radical (unpaired) electrons. The van der Waals surface area contributed by atoms with Crippen molar-refractivity contribution in [1.82, 2.24) is 14.7 Å². The van der Waals surface area contributed by atoms with Crippen molar-refractivity contribution in [1.29, 1.82) is 0 Å². The van der Waals surface area contributed by atoms with Gasteiger partial charge in [-0.15, -0.1) is 0 Å². The molecule has 3 rings (SSSR count). The van der Waals surface area contributed by atoms with Crippen LogP contribution in [-0.4, -0.2) is 32.8 Å². The average Bonchev–Trinajstić information content (AvgIpc) is 3.00. The summed E-state index contributed by atoms with van der Waals surface area (Å²) in [6.07, 6.45) is 0.738. The van der Waals surface area contributed by atoms with E-state index in [9.17, 15) is 8.76 Å². The molecular weight excluding hydrogens is 420 g/mol. The Bertz CT molecular complexity index is 1110. The lowest BCUT2D eigenvalue weighted by Gasteiger charge is -2.14. The van der Waals surface area contributed by atoms with E-state index in [0.717, 1.165) is 42.0 Å². The fraction of sp³-hybridized carbons (Fsp3) is 0.400. The maximum atomic E-state index is 13.2. The zero-order valence-electron chi connectivity index (χ0n) is 19.9. The van der Waals surface area contributed by atoms with Gasteiger partial charge in [0, 0.05) is 13.6 Å². The predicted molar refractivity (Wildman–Crippen MR) is 133 cm³/mol.